The normalized spacial score (nSPS) is 15.8. The third-order valence-corrected chi connectivity index (χ3v) is 3.79. The monoisotopic (exact) mass is 285 g/mol. The zero-order valence-electron chi connectivity index (χ0n) is 11.5. The van der Waals surface area contributed by atoms with Crippen molar-refractivity contribution >= 4 is 5.91 Å². The van der Waals surface area contributed by atoms with Gasteiger partial charge in [0.1, 0.15) is 11.9 Å². The number of aliphatic hydroxyl groups is 1. The molecule has 3 rings (SSSR count). The van der Waals surface area contributed by atoms with Crippen LogP contribution in [0.1, 0.15) is 39.6 Å². The number of carbonyl (C=O) groups is 1. The zero-order chi connectivity index (χ0) is 14.8. The van der Waals surface area contributed by atoms with Crippen molar-refractivity contribution < 1.29 is 14.3 Å². The lowest BCUT2D eigenvalue weighted by Crippen LogP contribution is -2.22. The Balaban J connectivity index is 1.96. The van der Waals surface area contributed by atoms with E-state index in [-0.39, 0.29) is 11.7 Å². The Morgan fingerprint density at radius 2 is 1.81 bits per heavy atom. The molecule has 0 radical (unpaired) electrons. The smallest absolute Gasteiger partial charge is 0.251 e. The van der Waals surface area contributed by atoms with Crippen LogP contribution in [0.15, 0.2) is 42.5 Å². The standard InChI is InChI=1S/C17H16FNO2/c18-14-7-5-12(6-8-14)16(20)13-4-3-11-2-1-9-19-17(21)15(11)10-13/h3-8,10,16,20H,1-2,9H2,(H,19,21). The van der Waals surface area contributed by atoms with E-state index in [0.29, 0.717) is 23.2 Å². The van der Waals surface area contributed by atoms with Crippen molar-refractivity contribution in [2.45, 2.75) is 18.9 Å². The molecule has 0 aliphatic carbocycles. The topological polar surface area (TPSA) is 49.3 Å². The Kier molecular flexibility index (Phi) is 3.71. The second kappa shape index (κ2) is 5.66. The number of carbonyl (C=O) groups excluding carboxylic acids is 1. The average molecular weight is 285 g/mol. The van der Waals surface area contributed by atoms with Crippen molar-refractivity contribution in [2.75, 3.05) is 6.54 Å². The molecule has 1 aliphatic rings. The van der Waals surface area contributed by atoms with Crippen molar-refractivity contribution in [1.29, 1.82) is 0 Å². The molecule has 4 heteroatoms. The zero-order valence-corrected chi connectivity index (χ0v) is 11.5. The molecule has 2 N–H and O–H groups in total. The third kappa shape index (κ3) is 2.81. The molecule has 1 unspecified atom stereocenters. The van der Waals surface area contributed by atoms with Crippen molar-refractivity contribution in [2.24, 2.45) is 0 Å². The Morgan fingerprint density at radius 3 is 2.57 bits per heavy atom. The second-order valence-corrected chi connectivity index (χ2v) is 5.23. The third-order valence-electron chi connectivity index (χ3n) is 3.79. The maximum Gasteiger partial charge on any atom is 0.251 e. The number of rotatable bonds is 2. The predicted octanol–water partition coefficient (Wildman–Crippen LogP) is 2.58. The number of aryl methyl sites for hydroxylation is 1. The number of halogens is 1. The van der Waals surface area contributed by atoms with Crippen molar-refractivity contribution in [3.8, 4) is 0 Å². The van der Waals surface area contributed by atoms with Gasteiger partial charge in [0, 0.05) is 12.1 Å². The average Bonchev–Trinajstić information content (AvgIpc) is 2.69. The number of nitrogens with one attached hydrogen (secondary N) is 1. The minimum Gasteiger partial charge on any atom is -0.384 e. The van der Waals surface area contributed by atoms with Crippen LogP contribution in [0.4, 0.5) is 4.39 Å². The fraction of sp³-hybridized carbons (Fsp3) is 0.235. The Hall–Kier alpha value is -2.20. The maximum atomic E-state index is 12.9. The largest absolute Gasteiger partial charge is 0.384 e. The first-order chi connectivity index (χ1) is 10.1. The summed E-state index contributed by atoms with van der Waals surface area (Å²) < 4.78 is 12.9. The summed E-state index contributed by atoms with van der Waals surface area (Å²) in [6, 6.07) is 11.2. The van der Waals surface area contributed by atoms with Crippen molar-refractivity contribution in [3.05, 3.63) is 70.5 Å². The van der Waals surface area contributed by atoms with Gasteiger partial charge in [0.05, 0.1) is 0 Å². The molecule has 3 nitrogen and oxygen atoms in total. The second-order valence-electron chi connectivity index (χ2n) is 5.23. The van der Waals surface area contributed by atoms with Gasteiger partial charge in [-0.2, -0.15) is 0 Å². The van der Waals surface area contributed by atoms with Gasteiger partial charge >= 0.3 is 0 Å². The van der Waals surface area contributed by atoms with E-state index in [0.717, 1.165) is 18.4 Å². The maximum absolute atomic E-state index is 12.9. The molecule has 0 spiro atoms. The molecule has 0 saturated heterocycles. The SMILES string of the molecule is O=C1NCCCc2ccc(C(O)c3ccc(F)cc3)cc21. The number of amides is 1. The molecular weight excluding hydrogens is 269 g/mol. The van der Waals surface area contributed by atoms with Gasteiger partial charge < -0.3 is 10.4 Å². The number of benzene rings is 2. The minimum atomic E-state index is -0.869. The Labute approximate surface area is 122 Å². The lowest BCUT2D eigenvalue weighted by Gasteiger charge is -2.14. The van der Waals surface area contributed by atoms with Gasteiger partial charge in [-0.3, -0.25) is 4.79 Å². The first-order valence-electron chi connectivity index (χ1n) is 7.00. The molecule has 21 heavy (non-hydrogen) atoms. The molecule has 2 aromatic rings. The quantitative estimate of drug-likeness (QED) is 0.891. The molecule has 1 atom stereocenters. The summed E-state index contributed by atoms with van der Waals surface area (Å²) in [5, 5.41) is 13.2. The summed E-state index contributed by atoms with van der Waals surface area (Å²) in [6.07, 6.45) is 0.895. The number of aliphatic hydroxyl groups excluding tert-OH is 1. The van der Waals surface area contributed by atoms with Crippen LogP contribution in [0.5, 0.6) is 0 Å². The predicted molar refractivity (Wildman–Crippen MR) is 77.6 cm³/mol. The van der Waals surface area contributed by atoms with Gasteiger partial charge in [0.25, 0.3) is 5.91 Å². The minimum absolute atomic E-state index is 0.101. The first-order valence-corrected chi connectivity index (χ1v) is 7.00. The fourth-order valence-corrected chi connectivity index (χ4v) is 2.61. The van der Waals surface area contributed by atoms with Gasteiger partial charge in [-0.25, -0.2) is 4.39 Å². The number of fused-ring (bicyclic) bond motifs is 1. The highest BCUT2D eigenvalue weighted by Gasteiger charge is 2.18. The van der Waals surface area contributed by atoms with E-state index in [1.807, 2.05) is 12.1 Å². The van der Waals surface area contributed by atoms with Crippen molar-refractivity contribution in [3.63, 3.8) is 0 Å². The molecule has 1 aliphatic heterocycles. The molecule has 0 fully saturated rings. The fourth-order valence-electron chi connectivity index (χ4n) is 2.61. The van der Waals surface area contributed by atoms with Crippen LogP contribution >= 0.6 is 0 Å². The summed E-state index contributed by atoms with van der Waals surface area (Å²) in [4.78, 5) is 12.0. The van der Waals surface area contributed by atoms with Crippen LogP contribution in [-0.4, -0.2) is 17.6 Å². The Bertz CT molecular complexity index is 667. The van der Waals surface area contributed by atoms with Crippen molar-refractivity contribution in [1.82, 2.24) is 5.32 Å². The van der Waals surface area contributed by atoms with E-state index in [1.54, 1.807) is 18.2 Å². The van der Waals surface area contributed by atoms with Crippen LogP contribution in [0.2, 0.25) is 0 Å². The van der Waals surface area contributed by atoms with E-state index in [2.05, 4.69) is 5.32 Å². The highest BCUT2D eigenvalue weighted by Crippen LogP contribution is 2.25. The summed E-state index contributed by atoms with van der Waals surface area (Å²) in [5.74, 6) is -0.442. The highest BCUT2D eigenvalue weighted by atomic mass is 19.1. The molecule has 1 amide bonds. The molecule has 0 bridgehead atoms. The summed E-state index contributed by atoms with van der Waals surface area (Å²) in [5.41, 5.74) is 2.86. The van der Waals surface area contributed by atoms with Crippen LogP contribution < -0.4 is 5.32 Å². The van der Waals surface area contributed by atoms with Gasteiger partial charge in [-0.15, -0.1) is 0 Å². The van der Waals surface area contributed by atoms with Crippen LogP contribution in [0, 0.1) is 5.82 Å². The van der Waals surface area contributed by atoms with Crippen LogP contribution in [0.25, 0.3) is 0 Å². The first kappa shape index (κ1) is 13.8. The number of hydrogen-bond donors (Lipinski definition) is 2. The van der Waals surface area contributed by atoms with Crippen LogP contribution in [-0.2, 0) is 6.42 Å². The Morgan fingerprint density at radius 1 is 1.10 bits per heavy atom. The molecule has 0 aromatic heterocycles. The van der Waals surface area contributed by atoms with E-state index in [1.165, 1.54) is 12.1 Å². The lowest BCUT2D eigenvalue weighted by atomic mass is 9.95. The molecule has 1 heterocycles. The summed E-state index contributed by atoms with van der Waals surface area (Å²) >= 11 is 0. The van der Waals surface area contributed by atoms with E-state index < -0.39 is 6.10 Å². The summed E-state index contributed by atoms with van der Waals surface area (Å²) in [7, 11) is 0. The van der Waals surface area contributed by atoms with E-state index >= 15 is 0 Å². The van der Waals surface area contributed by atoms with E-state index in [4.69, 9.17) is 0 Å². The van der Waals surface area contributed by atoms with Gasteiger partial charge in [0.2, 0.25) is 0 Å². The van der Waals surface area contributed by atoms with Crippen LogP contribution in [0.3, 0.4) is 0 Å². The highest BCUT2D eigenvalue weighted by molar-refractivity contribution is 5.96. The number of hydrogen-bond acceptors (Lipinski definition) is 2. The van der Waals surface area contributed by atoms with Gasteiger partial charge in [0.15, 0.2) is 0 Å². The summed E-state index contributed by atoms with van der Waals surface area (Å²) in [6.45, 7) is 0.670. The van der Waals surface area contributed by atoms with Gasteiger partial charge in [-0.05, 0) is 47.7 Å². The van der Waals surface area contributed by atoms with E-state index in [9.17, 15) is 14.3 Å². The molecular formula is C17H16FNO2. The lowest BCUT2D eigenvalue weighted by molar-refractivity contribution is 0.0956. The molecule has 2 aromatic carbocycles. The molecule has 0 saturated carbocycles. The van der Waals surface area contributed by atoms with Gasteiger partial charge in [-0.1, -0.05) is 24.3 Å². The molecule has 108 valence electrons.